The van der Waals surface area contributed by atoms with Gasteiger partial charge in [-0.3, -0.25) is 4.79 Å². The van der Waals surface area contributed by atoms with Crippen molar-refractivity contribution < 1.29 is 9.53 Å². The van der Waals surface area contributed by atoms with Crippen LogP contribution in [-0.4, -0.2) is 30.6 Å². The predicted octanol–water partition coefficient (Wildman–Crippen LogP) is 4.06. The lowest BCUT2D eigenvalue weighted by Crippen LogP contribution is -2.42. The van der Waals surface area contributed by atoms with Gasteiger partial charge in [-0.2, -0.15) is 0 Å². The van der Waals surface area contributed by atoms with Gasteiger partial charge in [0.1, 0.15) is 5.41 Å². The highest BCUT2D eigenvalue weighted by atomic mass is 16.5. The first-order chi connectivity index (χ1) is 10.2. The van der Waals surface area contributed by atoms with E-state index in [1.165, 1.54) is 31.4 Å². The van der Waals surface area contributed by atoms with Crippen LogP contribution in [0, 0.1) is 5.41 Å². The number of carbonyl (C=O) groups excluding carboxylic acids is 1. The molecule has 1 aliphatic carbocycles. The Balaban J connectivity index is 2.33. The lowest BCUT2D eigenvalue weighted by atomic mass is 9.74. The van der Waals surface area contributed by atoms with Crippen LogP contribution in [-0.2, 0) is 9.53 Å². The van der Waals surface area contributed by atoms with Crippen molar-refractivity contribution in [3.05, 3.63) is 23.9 Å². The monoisotopic (exact) mass is 291 g/mol. The topological polar surface area (TPSA) is 29.5 Å². The third-order valence-corrected chi connectivity index (χ3v) is 4.61. The molecule has 0 saturated carbocycles. The number of hydrogen-bond acceptors (Lipinski definition) is 3. The largest absolute Gasteiger partial charge is 0.465 e. The maximum Gasteiger partial charge on any atom is 0.321 e. The lowest BCUT2D eigenvalue weighted by molar-refractivity contribution is -0.152. The zero-order valence-electron chi connectivity index (χ0n) is 13.6. The summed E-state index contributed by atoms with van der Waals surface area (Å²) in [4.78, 5) is 15.2. The molecule has 118 valence electrons. The van der Waals surface area contributed by atoms with Crippen LogP contribution in [0.25, 0.3) is 0 Å². The SMILES string of the molecule is C/C=C/C1(C(=O)OCC)CCCC=C1N1CCCCCC1. The number of nitrogens with zero attached hydrogens (tertiary/aromatic N) is 1. The summed E-state index contributed by atoms with van der Waals surface area (Å²) in [5.41, 5.74) is 0.653. The predicted molar refractivity (Wildman–Crippen MR) is 85.9 cm³/mol. The molecule has 0 spiro atoms. The van der Waals surface area contributed by atoms with Crippen LogP contribution in [0.5, 0.6) is 0 Å². The number of likely N-dealkylation sites (tertiary alicyclic amines) is 1. The van der Waals surface area contributed by atoms with E-state index < -0.39 is 5.41 Å². The molecule has 1 atom stereocenters. The van der Waals surface area contributed by atoms with Gasteiger partial charge < -0.3 is 9.64 Å². The summed E-state index contributed by atoms with van der Waals surface area (Å²) in [6.07, 6.45) is 14.4. The van der Waals surface area contributed by atoms with Gasteiger partial charge in [0.05, 0.1) is 6.61 Å². The molecular formula is C18H29NO2. The summed E-state index contributed by atoms with van der Waals surface area (Å²) in [5, 5.41) is 0. The van der Waals surface area contributed by atoms with Crippen molar-refractivity contribution in [1.82, 2.24) is 4.90 Å². The second-order valence-corrected chi connectivity index (χ2v) is 6.07. The van der Waals surface area contributed by atoms with Gasteiger partial charge >= 0.3 is 5.97 Å². The van der Waals surface area contributed by atoms with E-state index >= 15 is 0 Å². The summed E-state index contributed by atoms with van der Waals surface area (Å²) in [6, 6.07) is 0. The molecule has 1 fully saturated rings. The summed E-state index contributed by atoms with van der Waals surface area (Å²) in [5.74, 6) is -0.0710. The van der Waals surface area contributed by atoms with Crippen LogP contribution in [0.2, 0.25) is 0 Å². The van der Waals surface area contributed by atoms with Crippen LogP contribution in [0.3, 0.4) is 0 Å². The van der Waals surface area contributed by atoms with Crippen LogP contribution in [0.1, 0.15) is 58.8 Å². The molecule has 1 saturated heterocycles. The summed E-state index contributed by atoms with van der Waals surface area (Å²) in [7, 11) is 0. The number of allylic oxidation sites excluding steroid dienone is 2. The Kier molecular flexibility index (Phi) is 5.89. The van der Waals surface area contributed by atoms with E-state index in [2.05, 4.69) is 17.1 Å². The van der Waals surface area contributed by atoms with E-state index in [4.69, 9.17) is 4.74 Å². The highest BCUT2D eigenvalue weighted by Gasteiger charge is 2.44. The Bertz CT molecular complexity index is 405. The van der Waals surface area contributed by atoms with Crippen molar-refractivity contribution >= 4 is 5.97 Å². The molecule has 0 aromatic heterocycles. The number of hydrogen-bond donors (Lipinski definition) is 0. The van der Waals surface area contributed by atoms with Gasteiger partial charge in [-0.25, -0.2) is 0 Å². The molecule has 1 aliphatic heterocycles. The van der Waals surface area contributed by atoms with Crippen molar-refractivity contribution in [3.8, 4) is 0 Å². The van der Waals surface area contributed by atoms with Crippen LogP contribution < -0.4 is 0 Å². The molecular weight excluding hydrogens is 262 g/mol. The highest BCUT2D eigenvalue weighted by molar-refractivity contribution is 5.83. The zero-order chi connectivity index (χ0) is 15.1. The van der Waals surface area contributed by atoms with Gasteiger partial charge in [-0.1, -0.05) is 31.1 Å². The van der Waals surface area contributed by atoms with Gasteiger partial charge in [0.25, 0.3) is 0 Å². The Morgan fingerprint density at radius 3 is 2.62 bits per heavy atom. The first-order valence-corrected chi connectivity index (χ1v) is 8.51. The Labute approximate surface area is 129 Å². The van der Waals surface area contributed by atoms with Gasteiger partial charge in [0.2, 0.25) is 0 Å². The van der Waals surface area contributed by atoms with Crippen LogP contribution in [0.15, 0.2) is 23.9 Å². The van der Waals surface area contributed by atoms with Crippen molar-refractivity contribution in [2.45, 2.75) is 58.8 Å². The minimum absolute atomic E-state index is 0.0710. The Hall–Kier alpha value is -1.25. The van der Waals surface area contributed by atoms with Crippen LogP contribution in [0.4, 0.5) is 0 Å². The van der Waals surface area contributed by atoms with E-state index in [0.717, 1.165) is 32.4 Å². The lowest BCUT2D eigenvalue weighted by Gasteiger charge is -2.40. The number of ether oxygens (including phenoxy) is 1. The zero-order valence-corrected chi connectivity index (χ0v) is 13.6. The average Bonchev–Trinajstić information content (AvgIpc) is 2.77. The number of esters is 1. The first kappa shape index (κ1) is 16.1. The molecule has 1 heterocycles. The van der Waals surface area contributed by atoms with Crippen molar-refractivity contribution in [1.29, 1.82) is 0 Å². The average molecular weight is 291 g/mol. The molecule has 21 heavy (non-hydrogen) atoms. The summed E-state index contributed by atoms with van der Waals surface area (Å²) >= 11 is 0. The van der Waals surface area contributed by atoms with Crippen molar-refractivity contribution in [3.63, 3.8) is 0 Å². The van der Waals surface area contributed by atoms with Gasteiger partial charge in [0.15, 0.2) is 0 Å². The van der Waals surface area contributed by atoms with E-state index in [1.807, 2.05) is 19.9 Å². The highest BCUT2D eigenvalue weighted by Crippen LogP contribution is 2.42. The van der Waals surface area contributed by atoms with Crippen molar-refractivity contribution in [2.75, 3.05) is 19.7 Å². The fourth-order valence-corrected chi connectivity index (χ4v) is 3.64. The second kappa shape index (κ2) is 7.67. The van der Waals surface area contributed by atoms with E-state index in [0.29, 0.717) is 6.61 Å². The van der Waals surface area contributed by atoms with Gasteiger partial charge in [-0.15, -0.1) is 0 Å². The maximum atomic E-state index is 12.7. The Morgan fingerprint density at radius 2 is 2.00 bits per heavy atom. The first-order valence-electron chi connectivity index (χ1n) is 8.51. The fraction of sp³-hybridized carbons (Fsp3) is 0.722. The minimum Gasteiger partial charge on any atom is -0.465 e. The number of carbonyl (C=O) groups is 1. The molecule has 0 aromatic rings. The molecule has 0 bridgehead atoms. The molecule has 1 unspecified atom stereocenters. The van der Waals surface area contributed by atoms with E-state index in [-0.39, 0.29) is 5.97 Å². The summed E-state index contributed by atoms with van der Waals surface area (Å²) < 4.78 is 5.43. The third-order valence-electron chi connectivity index (χ3n) is 4.61. The van der Waals surface area contributed by atoms with E-state index in [1.54, 1.807) is 0 Å². The molecule has 3 nitrogen and oxygen atoms in total. The molecule has 2 rings (SSSR count). The van der Waals surface area contributed by atoms with E-state index in [9.17, 15) is 4.79 Å². The van der Waals surface area contributed by atoms with Crippen LogP contribution >= 0.6 is 0 Å². The standard InChI is InChI=1S/C18H29NO2/c1-3-12-18(17(20)21-4-2)13-8-7-11-16(18)19-14-9-5-6-10-15-19/h3,11-12H,4-10,13-15H2,1-2H3/b12-3+. The smallest absolute Gasteiger partial charge is 0.321 e. The second-order valence-electron chi connectivity index (χ2n) is 6.07. The summed E-state index contributed by atoms with van der Waals surface area (Å²) in [6.45, 7) is 6.48. The van der Waals surface area contributed by atoms with Gasteiger partial charge in [-0.05, 0) is 46.0 Å². The number of rotatable bonds is 4. The maximum absolute atomic E-state index is 12.7. The fourth-order valence-electron chi connectivity index (χ4n) is 3.64. The minimum atomic E-state index is -0.548. The molecule has 0 N–H and O–H groups in total. The molecule has 0 aromatic carbocycles. The normalized spacial score (nSPS) is 27.3. The molecule has 3 heteroatoms. The quantitative estimate of drug-likeness (QED) is 0.578. The molecule has 0 radical (unpaired) electrons. The van der Waals surface area contributed by atoms with Crippen molar-refractivity contribution in [2.24, 2.45) is 5.41 Å². The Morgan fingerprint density at radius 1 is 1.29 bits per heavy atom. The molecule has 0 amide bonds. The third kappa shape index (κ3) is 3.50. The molecule has 2 aliphatic rings. The van der Waals surface area contributed by atoms with Gasteiger partial charge in [0, 0.05) is 18.8 Å².